The Morgan fingerprint density at radius 2 is 1.80 bits per heavy atom. The van der Waals surface area contributed by atoms with Crippen LogP contribution in [-0.2, 0) is 0 Å². The van der Waals surface area contributed by atoms with Gasteiger partial charge in [0, 0.05) is 31.8 Å². The van der Waals surface area contributed by atoms with E-state index in [2.05, 4.69) is 65.6 Å². The van der Waals surface area contributed by atoms with E-state index in [1.54, 1.807) is 11.3 Å². The zero-order chi connectivity index (χ0) is 14.7. The van der Waals surface area contributed by atoms with Crippen molar-refractivity contribution in [1.29, 1.82) is 0 Å². The Balaban J connectivity index is 2.15. The largest absolute Gasteiger partial charge is 0.302 e. The van der Waals surface area contributed by atoms with Gasteiger partial charge in [-0.3, -0.25) is 0 Å². The molecule has 1 aromatic heterocycles. The number of nitrogens with one attached hydrogen (secondary N) is 1. The number of benzene rings is 1. The molecule has 0 radical (unpaired) electrons. The Bertz CT molecular complexity index is 550. The van der Waals surface area contributed by atoms with Gasteiger partial charge in [-0.05, 0) is 52.5 Å². The molecule has 0 saturated heterocycles. The first-order valence-electron chi connectivity index (χ1n) is 6.73. The van der Waals surface area contributed by atoms with Crippen molar-refractivity contribution in [3.63, 3.8) is 0 Å². The normalized spacial score (nSPS) is 14.5. The molecule has 0 aliphatic carbocycles. The molecule has 0 aliphatic heterocycles. The second-order valence-corrected chi connectivity index (χ2v) is 7.62. The first-order chi connectivity index (χ1) is 9.47. The van der Waals surface area contributed by atoms with E-state index >= 15 is 0 Å². The van der Waals surface area contributed by atoms with Crippen LogP contribution in [0.3, 0.4) is 0 Å². The maximum absolute atomic E-state index is 5.98. The SMILES string of the molecule is CC(NC(c1ccc(Cl)cc1)C(C)C)c1cc(Br)cs1. The van der Waals surface area contributed by atoms with Crippen molar-refractivity contribution < 1.29 is 0 Å². The molecule has 1 aromatic carbocycles. The average Bonchev–Trinajstić information content (AvgIpc) is 2.83. The number of thiophene rings is 1. The summed E-state index contributed by atoms with van der Waals surface area (Å²) in [5.74, 6) is 0.516. The molecule has 0 spiro atoms. The highest BCUT2D eigenvalue weighted by atomic mass is 79.9. The molecule has 2 atom stereocenters. The molecule has 2 rings (SSSR count). The summed E-state index contributed by atoms with van der Waals surface area (Å²) in [5.41, 5.74) is 1.28. The van der Waals surface area contributed by atoms with Gasteiger partial charge in [-0.25, -0.2) is 0 Å². The Labute approximate surface area is 138 Å². The topological polar surface area (TPSA) is 12.0 Å². The summed E-state index contributed by atoms with van der Waals surface area (Å²) in [6.45, 7) is 6.69. The van der Waals surface area contributed by atoms with Crippen LogP contribution in [-0.4, -0.2) is 0 Å². The fraction of sp³-hybridized carbons (Fsp3) is 0.375. The molecule has 0 saturated carbocycles. The smallest absolute Gasteiger partial charge is 0.0406 e. The number of halogens is 2. The maximum Gasteiger partial charge on any atom is 0.0406 e. The fourth-order valence-electron chi connectivity index (χ4n) is 2.25. The van der Waals surface area contributed by atoms with E-state index < -0.39 is 0 Å². The fourth-order valence-corrected chi connectivity index (χ4v) is 3.84. The molecular formula is C16H19BrClNS. The van der Waals surface area contributed by atoms with Crippen molar-refractivity contribution in [2.75, 3.05) is 0 Å². The number of hydrogen-bond acceptors (Lipinski definition) is 2. The van der Waals surface area contributed by atoms with Crippen LogP contribution < -0.4 is 5.32 Å². The summed E-state index contributed by atoms with van der Waals surface area (Å²) in [5, 5.41) is 6.64. The zero-order valence-corrected chi connectivity index (χ0v) is 15.0. The summed E-state index contributed by atoms with van der Waals surface area (Å²) >= 11 is 11.3. The van der Waals surface area contributed by atoms with Gasteiger partial charge in [-0.2, -0.15) is 0 Å². The molecular weight excluding hydrogens is 354 g/mol. The predicted molar refractivity (Wildman–Crippen MR) is 92.6 cm³/mol. The van der Waals surface area contributed by atoms with Gasteiger partial charge >= 0.3 is 0 Å². The van der Waals surface area contributed by atoms with Crippen LogP contribution in [0.4, 0.5) is 0 Å². The monoisotopic (exact) mass is 371 g/mol. The van der Waals surface area contributed by atoms with E-state index in [4.69, 9.17) is 11.6 Å². The van der Waals surface area contributed by atoms with Crippen LogP contribution in [0.25, 0.3) is 0 Å². The van der Waals surface area contributed by atoms with Crippen LogP contribution in [0.5, 0.6) is 0 Å². The van der Waals surface area contributed by atoms with Crippen LogP contribution in [0.2, 0.25) is 5.02 Å². The highest BCUT2D eigenvalue weighted by Gasteiger charge is 2.19. The molecule has 0 fully saturated rings. The molecule has 1 heterocycles. The minimum Gasteiger partial charge on any atom is -0.302 e. The van der Waals surface area contributed by atoms with E-state index in [0.717, 1.165) is 9.50 Å². The zero-order valence-electron chi connectivity index (χ0n) is 11.9. The molecule has 2 aromatic rings. The summed E-state index contributed by atoms with van der Waals surface area (Å²) < 4.78 is 1.15. The first kappa shape index (κ1) is 16.0. The van der Waals surface area contributed by atoms with Crippen LogP contribution in [0.15, 0.2) is 40.2 Å². The van der Waals surface area contributed by atoms with Crippen LogP contribution in [0, 0.1) is 5.92 Å². The van der Waals surface area contributed by atoms with Crippen LogP contribution >= 0.6 is 38.9 Å². The molecule has 108 valence electrons. The predicted octanol–water partition coefficient (Wildman–Crippen LogP) is 6.21. The van der Waals surface area contributed by atoms with Gasteiger partial charge in [0.2, 0.25) is 0 Å². The second-order valence-electron chi connectivity index (χ2n) is 5.33. The summed E-state index contributed by atoms with van der Waals surface area (Å²) in [6.07, 6.45) is 0. The Morgan fingerprint density at radius 1 is 1.15 bits per heavy atom. The standard InChI is InChI=1S/C16H19BrClNS/c1-10(2)16(12-4-6-14(18)7-5-12)19-11(3)15-8-13(17)9-20-15/h4-11,16,19H,1-3H3. The molecule has 1 nitrogen and oxygen atoms in total. The lowest BCUT2D eigenvalue weighted by atomic mass is 9.95. The van der Waals surface area contributed by atoms with Gasteiger partial charge in [0.05, 0.1) is 0 Å². The summed E-state index contributed by atoms with van der Waals surface area (Å²) in [4.78, 5) is 1.34. The molecule has 0 aliphatic rings. The van der Waals surface area contributed by atoms with Crippen molar-refractivity contribution in [1.82, 2.24) is 5.32 Å². The third-order valence-corrected chi connectivity index (χ3v) is 5.47. The van der Waals surface area contributed by atoms with E-state index in [9.17, 15) is 0 Å². The minimum absolute atomic E-state index is 0.322. The van der Waals surface area contributed by atoms with Gasteiger partial charge in [-0.15, -0.1) is 11.3 Å². The molecule has 1 N–H and O–H groups in total. The highest BCUT2D eigenvalue weighted by Crippen LogP contribution is 2.30. The third-order valence-electron chi connectivity index (χ3n) is 3.34. The lowest BCUT2D eigenvalue weighted by Gasteiger charge is -2.26. The Hall–Kier alpha value is -0.350. The number of rotatable bonds is 5. The lowest BCUT2D eigenvalue weighted by Crippen LogP contribution is -2.28. The van der Waals surface area contributed by atoms with Crippen molar-refractivity contribution in [2.45, 2.75) is 32.9 Å². The Kier molecular flexibility index (Phi) is 5.67. The third kappa shape index (κ3) is 4.08. The Morgan fingerprint density at radius 3 is 2.30 bits per heavy atom. The lowest BCUT2D eigenvalue weighted by molar-refractivity contribution is 0.377. The quantitative estimate of drug-likeness (QED) is 0.657. The molecule has 20 heavy (non-hydrogen) atoms. The maximum atomic E-state index is 5.98. The summed E-state index contributed by atoms with van der Waals surface area (Å²) in [6, 6.07) is 11.0. The van der Waals surface area contributed by atoms with Crippen molar-refractivity contribution in [3.05, 3.63) is 55.6 Å². The van der Waals surface area contributed by atoms with Crippen molar-refractivity contribution in [2.24, 2.45) is 5.92 Å². The van der Waals surface area contributed by atoms with E-state index in [-0.39, 0.29) is 0 Å². The first-order valence-corrected chi connectivity index (χ1v) is 8.78. The van der Waals surface area contributed by atoms with Gasteiger partial charge in [0.15, 0.2) is 0 Å². The highest BCUT2D eigenvalue weighted by molar-refractivity contribution is 9.10. The van der Waals surface area contributed by atoms with E-state index in [1.165, 1.54) is 10.4 Å². The van der Waals surface area contributed by atoms with Gasteiger partial charge in [0.1, 0.15) is 0 Å². The van der Waals surface area contributed by atoms with Crippen LogP contribution in [0.1, 0.15) is 43.3 Å². The van der Waals surface area contributed by atoms with Gasteiger partial charge in [-0.1, -0.05) is 37.6 Å². The molecule has 4 heteroatoms. The number of hydrogen-bond donors (Lipinski definition) is 1. The molecule has 2 unspecified atom stereocenters. The van der Waals surface area contributed by atoms with Crippen molar-refractivity contribution >= 4 is 38.9 Å². The minimum atomic E-state index is 0.322. The van der Waals surface area contributed by atoms with E-state index in [0.29, 0.717) is 18.0 Å². The second kappa shape index (κ2) is 7.08. The molecule has 0 bridgehead atoms. The van der Waals surface area contributed by atoms with Gasteiger partial charge < -0.3 is 5.32 Å². The van der Waals surface area contributed by atoms with Gasteiger partial charge in [0.25, 0.3) is 0 Å². The van der Waals surface area contributed by atoms with E-state index in [1.807, 2.05) is 12.1 Å². The molecule has 0 amide bonds. The van der Waals surface area contributed by atoms with Crippen molar-refractivity contribution in [3.8, 4) is 0 Å². The summed E-state index contributed by atoms with van der Waals surface area (Å²) in [7, 11) is 0. The average molecular weight is 373 g/mol.